The summed E-state index contributed by atoms with van der Waals surface area (Å²) in [6.07, 6.45) is 5.68. The number of nitrogens with one attached hydrogen (secondary N) is 3. The predicted octanol–water partition coefficient (Wildman–Crippen LogP) is 0.648. The Labute approximate surface area is 129 Å². The molecule has 7 nitrogen and oxygen atoms in total. The van der Waals surface area contributed by atoms with Gasteiger partial charge in [-0.3, -0.25) is 9.89 Å². The second-order valence-electron chi connectivity index (χ2n) is 4.62. The molecule has 1 heterocycles. The molecular weight excluding hydrogens is 312 g/mol. The number of hydrogen-bond donors (Lipinski definition) is 3. The zero-order chi connectivity index (χ0) is 15.9. The van der Waals surface area contributed by atoms with Crippen LogP contribution in [0.5, 0.6) is 0 Å². The van der Waals surface area contributed by atoms with E-state index >= 15 is 0 Å². The first-order valence-corrected chi connectivity index (χ1v) is 9.72. The maximum absolute atomic E-state index is 12.3. The number of thioether (sulfide) groups is 1. The van der Waals surface area contributed by atoms with E-state index in [9.17, 15) is 13.2 Å². The molecule has 0 radical (unpaired) electrons. The topological polar surface area (TPSA) is 104 Å². The number of sulfonamides is 1. The van der Waals surface area contributed by atoms with Crippen molar-refractivity contribution in [1.29, 1.82) is 0 Å². The zero-order valence-corrected chi connectivity index (χ0v) is 14.1. The highest BCUT2D eigenvalue weighted by molar-refractivity contribution is 7.98. The van der Waals surface area contributed by atoms with Gasteiger partial charge in [0.1, 0.15) is 6.04 Å². The van der Waals surface area contributed by atoms with Gasteiger partial charge >= 0.3 is 0 Å². The minimum absolute atomic E-state index is 0.0483. The molecule has 0 spiro atoms. The van der Waals surface area contributed by atoms with Gasteiger partial charge in [0.25, 0.3) is 0 Å². The largest absolute Gasteiger partial charge is 0.348 e. The zero-order valence-electron chi connectivity index (χ0n) is 12.4. The van der Waals surface area contributed by atoms with Gasteiger partial charge in [0, 0.05) is 11.8 Å². The van der Waals surface area contributed by atoms with Crippen LogP contribution < -0.4 is 10.0 Å². The highest BCUT2D eigenvalue weighted by atomic mass is 32.2. The van der Waals surface area contributed by atoms with E-state index in [1.54, 1.807) is 31.1 Å². The first kappa shape index (κ1) is 18.0. The quantitative estimate of drug-likeness (QED) is 0.615. The second kappa shape index (κ2) is 8.40. The van der Waals surface area contributed by atoms with Gasteiger partial charge in [0.05, 0.1) is 18.0 Å². The van der Waals surface area contributed by atoms with Crippen LogP contribution in [0.15, 0.2) is 12.4 Å². The molecule has 120 valence electrons. The van der Waals surface area contributed by atoms with E-state index < -0.39 is 16.1 Å². The van der Waals surface area contributed by atoms with Crippen LogP contribution in [0.25, 0.3) is 0 Å². The van der Waals surface area contributed by atoms with Gasteiger partial charge < -0.3 is 5.32 Å². The first-order valence-electron chi connectivity index (χ1n) is 6.67. The smallest absolute Gasteiger partial charge is 0.238 e. The summed E-state index contributed by atoms with van der Waals surface area (Å²) in [6.45, 7) is 3.36. The molecule has 0 aliphatic heterocycles. The lowest BCUT2D eigenvalue weighted by Gasteiger charge is -2.20. The lowest BCUT2D eigenvalue weighted by atomic mass is 10.1. The summed E-state index contributed by atoms with van der Waals surface area (Å²) >= 11 is 1.57. The van der Waals surface area contributed by atoms with E-state index in [1.807, 2.05) is 13.2 Å². The van der Waals surface area contributed by atoms with E-state index in [2.05, 4.69) is 20.2 Å². The lowest BCUT2D eigenvalue weighted by molar-refractivity contribution is -0.123. The van der Waals surface area contributed by atoms with Crippen LogP contribution in [0.3, 0.4) is 0 Å². The SMILES string of the molecule is CCS(=O)(=O)NC(CCSC)C(=O)NC(C)c1cn[nH]c1. The highest BCUT2D eigenvalue weighted by Gasteiger charge is 2.24. The summed E-state index contributed by atoms with van der Waals surface area (Å²) in [6, 6.07) is -0.990. The number of H-pyrrole nitrogens is 1. The molecule has 21 heavy (non-hydrogen) atoms. The Morgan fingerprint density at radius 1 is 1.52 bits per heavy atom. The van der Waals surface area contributed by atoms with Crippen molar-refractivity contribution in [3.63, 3.8) is 0 Å². The van der Waals surface area contributed by atoms with Gasteiger partial charge in [-0.1, -0.05) is 0 Å². The maximum atomic E-state index is 12.3. The van der Waals surface area contributed by atoms with Gasteiger partial charge in [0.15, 0.2) is 0 Å². The van der Waals surface area contributed by atoms with Crippen LogP contribution in [0, 0.1) is 0 Å². The lowest BCUT2D eigenvalue weighted by Crippen LogP contribution is -2.48. The molecule has 0 aromatic carbocycles. The summed E-state index contributed by atoms with van der Waals surface area (Å²) in [5.74, 6) is 0.326. The van der Waals surface area contributed by atoms with Gasteiger partial charge in [-0.2, -0.15) is 16.9 Å². The van der Waals surface area contributed by atoms with Crippen LogP contribution in [0.4, 0.5) is 0 Å². The number of aromatic amines is 1. The van der Waals surface area contributed by atoms with Crippen molar-refractivity contribution in [1.82, 2.24) is 20.2 Å². The third-order valence-electron chi connectivity index (χ3n) is 3.01. The number of aromatic nitrogens is 2. The fourth-order valence-electron chi connectivity index (χ4n) is 1.67. The minimum atomic E-state index is -3.42. The van der Waals surface area contributed by atoms with Crippen LogP contribution in [-0.2, 0) is 14.8 Å². The normalized spacial score (nSPS) is 14.6. The van der Waals surface area contributed by atoms with Crippen LogP contribution in [0.1, 0.15) is 31.9 Å². The van der Waals surface area contributed by atoms with Gasteiger partial charge in [-0.05, 0) is 32.3 Å². The summed E-state index contributed by atoms with van der Waals surface area (Å²) in [5, 5.41) is 9.31. The van der Waals surface area contributed by atoms with E-state index in [0.29, 0.717) is 12.2 Å². The first-order chi connectivity index (χ1) is 9.89. The Kier molecular flexibility index (Phi) is 7.20. The van der Waals surface area contributed by atoms with Gasteiger partial charge in [0.2, 0.25) is 15.9 Å². The Bertz CT molecular complexity index is 531. The Balaban J connectivity index is 2.70. The third-order valence-corrected chi connectivity index (χ3v) is 5.05. The Morgan fingerprint density at radius 3 is 2.76 bits per heavy atom. The molecule has 1 aromatic rings. The van der Waals surface area contributed by atoms with Crippen molar-refractivity contribution < 1.29 is 13.2 Å². The molecule has 0 saturated heterocycles. The monoisotopic (exact) mass is 334 g/mol. The maximum Gasteiger partial charge on any atom is 0.238 e. The molecule has 0 saturated carbocycles. The summed E-state index contributed by atoms with van der Waals surface area (Å²) in [7, 11) is -3.42. The molecule has 0 bridgehead atoms. The Morgan fingerprint density at radius 2 is 2.24 bits per heavy atom. The van der Waals surface area contributed by atoms with E-state index in [4.69, 9.17) is 0 Å². The van der Waals surface area contributed by atoms with Crippen LogP contribution in [0.2, 0.25) is 0 Å². The average Bonchev–Trinajstić information content (AvgIpc) is 2.97. The number of rotatable bonds is 9. The van der Waals surface area contributed by atoms with Crippen LogP contribution >= 0.6 is 11.8 Å². The molecule has 1 aromatic heterocycles. The summed E-state index contributed by atoms with van der Waals surface area (Å²) in [4.78, 5) is 12.3. The molecule has 3 N–H and O–H groups in total. The van der Waals surface area contributed by atoms with Crippen molar-refractivity contribution in [3.05, 3.63) is 18.0 Å². The number of amides is 1. The molecule has 1 rings (SSSR count). The highest BCUT2D eigenvalue weighted by Crippen LogP contribution is 2.10. The molecule has 0 aliphatic rings. The molecule has 0 fully saturated rings. The van der Waals surface area contributed by atoms with Crippen molar-refractivity contribution in [3.8, 4) is 0 Å². The summed E-state index contributed by atoms with van der Waals surface area (Å²) in [5.41, 5.74) is 0.838. The van der Waals surface area contributed by atoms with Crippen molar-refractivity contribution >= 4 is 27.7 Å². The fraction of sp³-hybridized carbons (Fsp3) is 0.667. The second-order valence-corrected chi connectivity index (χ2v) is 7.65. The number of nitrogens with zero attached hydrogens (tertiary/aromatic N) is 1. The Hall–Kier alpha value is -1.06. The standard InChI is InChI=1S/C12H22N4O3S2/c1-4-21(18,19)16-11(5-6-20-3)12(17)15-9(2)10-7-13-14-8-10/h7-9,11,16H,4-6H2,1-3H3,(H,13,14)(H,15,17). The number of hydrogen-bond acceptors (Lipinski definition) is 5. The third kappa shape index (κ3) is 6.06. The van der Waals surface area contributed by atoms with Crippen molar-refractivity contribution in [2.24, 2.45) is 0 Å². The predicted molar refractivity (Wildman–Crippen MR) is 84.5 cm³/mol. The summed E-state index contributed by atoms with van der Waals surface area (Å²) < 4.78 is 25.8. The van der Waals surface area contributed by atoms with Crippen LogP contribution in [-0.4, -0.2) is 48.3 Å². The molecule has 2 atom stereocenters. The van der Waals surface area contributed by atoms with E-state index in [1.165, 1.54) is 0 Å². The molecule has 2 unspecified atom stereocenters. The van der Waals surface area contributed by atoms with E-state index in [0.717, 1.165) is 5.56 Å². The minimum Gasteiger partial charge on any atom is -0.348 e. The number of carbonyl (C=O) groups excluding carboxylic acids is 1. The fourth-order valence-corrected chi connectivity index (χ4v) is 2.97. The van der Waals surface area contributed by atoms with E-state index in [-0.39, 0.29) is 17.7 Å². The average molecular weight is 334 g/mol. The van der Waals surface area contributed by atoms with Crippen molar-refractivity contribution in [2.75, 3.05) is 17.8 Å². The number of carbonyl (C=O) groups is 1. The van der Waals surface area contributed by atoms with Gasteiger partial charge in [-0.15, -0.1) is 0 Å². The molecule has 1 amide bonds. The molecule has 9 heteroatoms. The molecular formula is C12H22N4O3S2. The molecule has 0 aliphatic carbocycles. The van der Waals surface area contributed by atoms with Crippen molar-refractivity contribution in [2.45, 2.75) is 32.4 Å². The van der Waals surface area contributed by atoms with Gasteiger partial charge in [-0.25, -0.2) is 13.1 Å².